The number of carbonyl (C=O) groups is 1. The zero-order valence-electron chi connectivity index (χ0n) is 21.3. The van der Waals surface area contributed by atoms with E-state index in [1.807, 2.05) is 32.0 Å². The average molecular weight is 552 g/mol. The van der Waals surface area contributed by atoms with Gasteiger partial charge in [0.1, 0.15) is 18.4 Å². The standard InChI is InChI=1S/C27H29ClF3N3O4/c1-4-36-21-13-6-17(14-22(21)37-5-2)15-38-20-11-9-19(10-12-20)32-26(35)16(3)34-24(18-7-8-18)23(28)25(33-34)27(29,30)31/h6,9-14,16,18H,4-5,7-8,15H2,1-3H3,(H,32,35). The number of aromatic nitrogens is 2. The van der Waals surface area contributed by atoms with E-state index < -0.39 is 28.8 Å². The summed E-state index contributed by atoms with van der Waals surface area (Å²) >= 11 is 6.03. The van der Waals surface area contributed by atoms with E-state index in [9.17, 15) is 18.0 Å². The topological polar surface area (TPSA) is 74.6 Å². The van der Waals surface area contributed by atoms with Crippen LogP contribution in [0, 0.1) is 0 Å². The zero-order chi connectivity index (χ0) is 27.4. The molecule has 1 aliphatic rings. The van der Waals surface area contributed by atoms with Gasteiger partial charge in [0, 0.05) is 11.6 Å². The molecule has 11 heteroatoms. The molecular formula is C27H29ClF3N3O4. The predicted octanol–water partition coefficient (Wildman–Crippen LogP) is 7.01. The third-order valence-corrected chi connectivity index (χ3v) is 6.37. The highest BCUT2D eigenvalue weighted by molar-refractivity contribution is 6.32. The molecule has 1 atom stereocenters. The number of alkyl halides is 3. The highest BCUT2D eigenvalue weighted by atomic mass is 35.5. The van der Waals surface area contributed by atoms with Gasteiger partial charge in [-0.05, 0) is 75.6 Å². The Morgan fingerprint density at radius 1 is 1.08 bits per heavy atom. The lowest BCUT2D eigenvalue weighted by Gasteiger charge is -2.16. The van der Waals surface area contributed by atoms with Gasteiger partial charge in [-0.15, -0.1) is 0 Å². The van der Waals surface area contributed by atoms with E-state index in [4.69, 9.17) is 25.8 Å². The first kappa shape index (κ1) is 27.6. The summed E-state index contributed by atoms with van der Waals surface area (Å²) < 4.78 is 58.3. The molecule has 0 spiro atoms. The van der Waals surface area contributed by atoms with Crippen molar-refractivity contribution in [3.8, 4) is 17.2 Å². The largest absolute Gasteiger partial charge is 0.490 e. The fraction of sp³-hybridized carbons (Fsp3) is 0.407. The molecule has 1 heterocycles. The van der Waals surface area contributed by atoms with E-state index in [0.29, 0.717) is 55.6 Å². The molecule has 0 radical (unpaired) electrons. The predicted molar refractivity (Wildman–Crippen MR) is 137 cm³/mol. The van der Waals surface area contributed by atoms with E-state index in [1.165, 1.54) is 6.92 Å². The summed E-state index contributed by atoms with van der Waals surface area (Å²) in [6, 6.07) is 11.3. The van der Waals surface area contributed by atoms with Gasteiger partial charge < -0.3 is 19.5 Å². The number of amides is 1. The van der Waals surface area contributed by atoms with Crippen LogP contribution in [0.2, 0.25) is 5.02 Å². The Hall–Kier alpha value is -3.40. The van der Waals surface area contributed by atoms with Crippen molar-refractivity contribution >= 4 is 23.2 Å². The smallest absolute Gasteiger partial charge is 0.436 e. The maximum absolute atomic E-state index is 13.4. The molecule has 38 heavy (non-hydrogen) atoms. The molecule has 2 aromatic carbocycles. The molecule has 7 nitrogen and oxygen atoms in total. The van der Waals surface area contributed by atoms with Gasteiger partial charge in [0.05, 0.1) is 23.9 Å². The second-order valence-electron chi connectivity index (χ2n) is 8.89. The first-order valence-corrected chi connectivity index (χ1v) is 12.8. The lowest BCUT2D eigenvalue weighted by Crippen LogP contribution is -2.26. The van der Waals surface area contributed by atoms with Crippen molar-refractivity contribution in [3.05, 3.63) is 64.4 Å². The highest BCUT2D eigenvalue weighted by Crippen LogP contribution is 2.47. The lowest BCUT2D eigenvalue weighted by atomic mass is 10.2. The molecule has 1 saturated carbocycles. The molecule has 0 saturated heterocycles. The van der Waals surface area contributed by atoms with Crippen LogP contribution < -0.4 is 19.5 Å². The second kappa shape index (κ2) is 11.6. The summed E-state index contributed by atoms with van der Waals surface area (Å²) in [5.41, 5.74) is 0.456. The summed E-state index contributed by atoms with van der Waals surface area (Å²) in [5.74, 6) is 1.26. The Kier molecular flexibility index (Phi) is 8.40. The molecule has 1 amide bonds. The van der Waals surface area contributed by atoms with Gasteiger partial charge in [-0.25, -0.2) is 0 Å². The first-order valence-electron chi connectivity index (χ1n) is 12.4. The van der Waals surface area contributed by atoms with E-state index >= 15 is 0 Å². The van der Waals surface area contributed by atoms with Gasteiger partial charge in [0.25, 0.3) is 0 Å². The van der Waals surface area contributed by atoms with Crippen molar-refractivity contribution in [2.24, 2.45) is 0 Å². The van der Waals surface area contributed by atoms with Crippen LogP contribution in [0.15, 0.2) is 42.5 Å². The van der Waals surface area contributed by atoms with Gasteiger partial charge in [-0.1, -0.05) is 17.7 Å². The van der Waals surface area contributed by atoms with Crippen LogP contribution in [-0.2, 0) is 17.6 Å². The minimum Gasteiger partial charge on any atom is -0.490 e. The van der Waals surface area contributed by atoms with Crippen molar-refractivity contribution < 1.29 is 32.2 Å². The number of carbonyl (C=O) groups excluding carboxylic acids is 1. The van der Waals surface area contributed by atoms with Gasteiger partial charge in [0.2, 0.25) is 5.91 Å². The number of nitrogens with one attached hydrogen (secondary N) is 1. The molecule has 0 bridgehead atoms. The molecule has 1 N–H and O–H groups in total. The van der Waals surface area contributed by atoms with E-state index in [-0.39, 0.29) is 11.6 Å². The Bertz CT molecular complexity index is 1270. The molecule has 204 valence electrons. The summed E-state index contributed by atoms with van der Waals surface area (Å²) in [6.45, 7) is 6.63. The monoisotopic (exact) mass is 551 g/mol. The van der Waals surface area contributed by atoms with E-state index in [1.54, 1.807) is 24.3 Å². The van der Waals surface area contributed by atoms with Crippen molar-refractivity contribution in [2.75, 3.05) is 18.5 Å². The van der Waals surface area contributed by atoms with Crippen LogP contribution in [0.4, 0.5) is 18.9 Å². The molecule has 0 aliphatic heterocycles. The van der Waals surface area contributed by atoms with Crippen molar-refractivity contribution in [1.29, 1.82) is 0 Å². The Balaban J connectivity index is 1.39. The highest BCUT2D eigenvalue weighted by Gasteiger charge is 2.43. The van der Waals surface area contributed by atoms with Crippen LogP contribution >= 0.6 is 11.6 Å². The van der Waals surface area contributed by atoms with Gasteiger partial charge >= 0.3 is 6.18 Å². The van der Waals surface area contributed by atoms with Crippen molar-refractivity contribution in [2.45, 2.75) is 58.4 Å². The summed E-state index contributed by atoms with van der Waals surface area (Å²) in [4.78, 5) is 12.9. The maximum atomic E-state index is 13.4. The summed E-state index contributed by atoms with van der Waals surface area (Å²) in [7, 11) is 0. The third kappa shape index (κ3) is 6.35. The SMILES string of the molecule is CCOc1ccc(COc2ccc(NC(=O)C(C)n3nc(C(F)(F)F)c(Cl)c3C3CC3)cc2)cc1OCC. The molecule has 1 aromatic heterocycles. The van der Waals surface area contributed by atoms with Gasteiger partial charge in [-0.2, -0.15) is 18.3 Å². The Morgan fingerprint density at radius 3 is 2.34 bits per heavy atom. The van der Waals surface area contributed by atoms with E-state index in [0.717, 1.165) is 10.2 Å². The minimum atomic E-state index is -4.70. The number of halogens is 4. The average Bonchev–Trinajstić information content (AvgIpc) is 3.65. The lowest BCUT2D eigenvalue weighted by molar-refractivity contribution is -0.141. The Labute approximate surface area is 223 Å². The van der Waals surface area contributed by atoms with Crippen LogP contribution in [0.3, 0.4) is 0 Å². The fourth-order valence-corrected chi connectivity index (χ4v) is 4.36. The number of nitrogens with zero attached hydrogens (tertiary/aromatic N) is 2. The number of hydrogen-bond donors (Lipinski definition) is 1. The second-order valence-corrected chi connectivity index (χ2v) is 9.27. The van der Waals surface area contributed by atoms with Crippen LogP contribution in [0.1, 0.15) is 62.5 Å². The maximum Gasteiger partial charge on any atom is 0.436 e. The third-order valence-electron chi connectivity index (χ3n) is 6.00. The number of rotatable bonds is 11. The molecule has 1 fully saturated rings. The van der Waals surface area contributed by atoms with Gasteiger partial charge in [0.15, 0.2) is 17.2 Å². The Morgan fingerprint density at radius 2 is 1.74 bits per heavy atom. The minimum absolute atomic E-state index is 0.127. The first-order chi connectivity index (χ1) is 18.1. The zero-order valence-corrected chi connectivity index (χ0v) is 22.0. The van der Waals surface area contributed by atoms with Crippen LogP contribution in [0.25, 0.3) is 0 Å². The normalized spacial score (nSPS) is 14.2. The van der Waals surface area contributed by atoms with E-state index in [2.05, 4.69) is 10.4 Å². The molecular weight excluding hydrogens is 523 g/mol. The van der Waals surface area contributed by atoms with Crippen molar-refractivity contribution in [3.63, 3.8) is 0 Å². The molecule has 1 unspecified atom stereocenters. The summed E-state index contributed by atoms with van der Waals surface area (Å²) in [6.07, 6.45) is -3.28. The number of hydrogen-bond acceptors (Lipinski definition) is 5. The van der Waals surface area contributed by atoms with Crippen molar-refractivity contribution in [1.82, 2.24) is 9.78 Å². The summed E-state index contributed by atoms with van der Waals surface area (Å²) in [5, 5.41) is 5.96. The molecule has 4 rings (SSSR count). The number of ether oxygens (including phenoxy) is 3. The molecule has 1 aliphatic carbocycles. The quantitative estimate of drug-likeness (QED) is 0.277. The number of anilines is 1. The van der Waals surface area contributed by atoms with Crippen LogP contribution in [0.5, 0.6) is 17.2 Å². The van der Waals surface area contributed by atoms with Gasteiger partial charge in [-0.3, -0.25) is 9.48 Å². The fourth-order valence-electron chi connectivity index (χ4n) is 3.97. The van der Waals surface area contributed by atoms with Crippen LogP contribution in [-0.4, -0.2) is 28.9 Å². The number of benzene rings is 2. The molecule has 3 aromatic rings.